The number of hydroxylamine groups is 1. The lowest BCUT2D eigenvalue weighted by molar-refractivity contribution is -0.439. The van der Waals surface area contributed by atoms with E-state index in [1.807, 2.05) is 72.8 Å². The summed E-state index contributed by atoms with van der Waals surface area (Å²) in [5.41, 5.74) is 8.07. The van der Waals surface area contributed by atoms with Crippen molar-refractivity contribution >= 4 is 46.8 Å². The highest BCUT2D eigenvalue weighted by atomic mass is 35.5. The Morgan fingerprint density at radius 3 is 2.62 bits per heavy atom. The first-order valence-electron chi connectivity index (χ1n) is 10.1. The second-order valence-electron chi connectivity index (χ2n) is 7.06. The summed E-state index contributed by atoms with van der Waals surface area (Å²) in [4.78, 5) is 4.51. The summed E-state index contributed by atoms with van der Waals surface area (Å²) >= 11 is 6.10. The monoisotopic (exact) mass is 443 g/mol. The van der Waals surface area contributed by atoms with Gasteiger partial charge in [0.25, 0.3) is 0 Å². The van der Waals surface area contributed by atoms with Gasteiger partial charge in [0.1, 0.15) is 0 Å². The normalized spacial score (nSPS) is 14.0. The summed E-state index contributed by atoms with van der Waals surface area (Å²) in [6.45, 7) is 0.174. The summed E-state index contributed by atoms with van der Waals surface area (Å²) in [5, 5.41) is 20.1. The molecule has 0 unspecified atom stereocenters. The summed E-state index contributed by atoms with van der Waals surface area (Å²) in [6.07, 6.45) is 5.68. The molecule has 2 aliphatic rings. The minimum absolute atomic E-state index is 0.174. The van der Waals surface area contributed by atoms with Gasteiger partial charge in [-0.2, -0.15) is 9.84 Å². The van der Waals surface area contributed by atoms with Crippen LogP contribution in [-0.2, 0) is 0 Å². The highest BCUT2D eigenvalue weighted by molar-refractivity contribution is 6.31. The molecule has 5 rings (SSSR count). The van der Waals surface area contributed by atoms with E-state index in [2.05, 4.69) is 20.8 Å². The molecule has 2 aliphatic heterocycles. The number of hydrogen-bond acceptors (Lipinski definition) is 5. The van der Waals surface area contributed by atoms with Crippen molar-refractivity contribution < 1.29 is 4.74 Å². The Hall–Kier alpha value is -3.90. The zero-order valence-electron chi connectivity index (χ0n) is 17.5. The molecular weight excluding hydrogens is 422 g/mol. The smallest absolute Gasteiger partial charge is 0.228 e. The summed E-state index contributed by atoms with van der Waals surface area (Å²) in [6, 6.07) is 23.0. The van der Waals surface area contributed by atoms with Crippen LogP contribution in [0.2, 0.25) is 5.02 Å². The number of halogens is 1. The van der Waals surface area contributed by atoms with Crippen LogP contribution < -0.4 is 10.7 Å². The third-order valence-corrected chi connectivity index (χ3v) is 5.16. The number of likely N-dealkylation sites (N-methyl/N-ethyl adjacent to an activating group) is 1. The molecule has 0 saturated carbocycles. The Morgan fingerprint density at radius 1 is 1.03 bits per heavy atom. The topological polar surface area (TPSA) is 74.8 Å². The molecule has 2 N–H and O–H groups in total. The van der Waals surface area contributed by atoms with Crippen LogP contribution in [0.3, 0.4) is 0 Å². The van der Waals surface area contributed by atoms with Gasteiger partial charge in [0, 0.05) is 23.8 Å². The number of nitrogens with zero attached hydrogens (tertiary/aromatic N) is 3. The average molecular weight is 444 g/mol. The zero-order chi connectivity index (χ0) is 22.3. The van der Waals surface area contributed by atoms with Crippen molar-refractivity contribution in [3.05, 3.63) is 106 Å². The number of nitrogens with one attached hydrogen (secondary N) is 2. The molecule has 0 bridgehead atoms. The van der Waals surface area contributed by atoms with Gasteiger partial charge in [0.15, 0.2) is 5.84 Å². The van der Waals surface area contributed by atoms with Gasteiger partial charge in [-0.05, 0) is 48.0 Å². The summed E-state index contributed by atoms with van der Waals surface area (Å²) < 4.78 is 0.951. The first kappa shape index (κ1) is 21.3. The second-order valence-corrected chi connectivity index (χ2v) is 7.49. The van der Waals surface area contributed by atoms with Crippen molar-refractivity contribution in [2.75, 3.05) is 19.0 Å². The Balaban J connectivity index is 0.000000186. The fourth-order valence-corrected chi connectivity index (χ4v) is 3.57. The Labute approximate surface area is 191 Å². The van der Waals surface area contributed by atoms with Crippen molar-refractivity contribution in [1.29, 1.82) is 0 Å². The molecule has 0 fully saturated rings. The molecular formula is C25H22ClN5O. The maximum atomic E-state index is 12.6. The van der Waals surface area contributed by atoms with Crippen LogP contribution in [0.4, 0.5) is 11.4 Å². The van der Waals surface area contributed by atoms with Gasteiger partial charge in [-0.3, -0.25) is 5.43 Å². The van der Waals surface area contributed by atoms with Crippen molar-refractivity contribution in [1.82, 2.24) is 5.32 Å². The van der Waals surface area contributed by atoms with Crippen LogP contribution in [-0.4, -0.2) is 36.1 Å². The minimum Gasteiger partial charge on any atom is -0.623 e. The molecule has 7 heteroatoms. The van der Waals surface area contributed by atoms with Gasteiger partial charge in [0.05, 0.1) is 16.9 Å². The van der Waals surface area contributed by atoms with Crippen LogP contribution in [0, 0.1) is 5.21 Å². The molecule has 3 aromatic rings. The van der Waals surface area contributed by atoms with E-state index >= 15 is 0 Å². The van der Waals surface area contributed by atoms with Gasteiger partial charge < -0.3 is 10.5 Å². The lowest BCUT2D eigenvalue weighted by Gasteiger charge is -2.10. The van der Waals surface area contributed by atoms with Crippen LogP contribution >= 0.6 is 11.6 Å². The highest BCUT2D eigenvalue weighted by Gasteiger charge is 2.24. The molecule has 0 amide bonds. The van der Waals surface area contributed by atoms with Crippen LogP contribution in [0.1, 0.15) is 16.7 Å². The largest absolute Gasteiger partial charge is 0.623 e. The maximum absolute atomic E-state index is 12.6. The lowest BCUT2D eigenvalue weighted by Crippen LogP contribution is -2.29. The molecule has 32 heavy (non-hydrogen) atoms. The van der Waals surface area contributed by atoms with Gasteiger partial charge in [-0.1, -0.05) is 54.1 Å². The Kier molecular flexibility index (Phi) is 6.63. The SMILES string of the molecule is C1=Cc2ccccc2NN=C1.CNC1=Nc2ccc(Cl)cc2C(c2ccccc2)=[N+]([O-])C1. The van der Waals surface area contributed by atoms with Crippen molar-refractivity contribution in [3.8, 4) is 0 Å². The van der Waals surface area contributed by atoms with Gasteiger partial charge >= 0.3 is 0 Å². The van der Waals surface area contributed by atoms with E-state index < -0.39 is 0 Å². The molecule has 0 radical (unpaired) electrons. The summed E-state index contributed by atoms with van der Waals surface area (Å²) in [5.74, 6) is 0.625. The number of aliphatic imine (C=N–C) groups is 1. The number of anilines is 1. The van der Waals surface area contributed by atoms with E-state index in [-0.39, 0.29) is 6.54 Å². The predicted octanol–water partition coefficient (Wildman–Crippen LogP) is 5.06. The maximum Gasteiger partial charge on any atom is 0.228 e. The molecule has 0 atom stereocenters. The first-order chi connectivity index (χ1) is 15.7. The van der Waals surface area contributed by atoms with Gasteiger partial charge in [-0.15, -0.1) is 0 Å². The summed E-state index contributed by atoms with van der Waals surface area (Å²) in [7, 11) is 1.76. The molecule has 0 aliphatic carbocycles. The molecule has 0 aromatic heterocycles. The zero-order valence-corrected chi connectivity index (χ0v) is 18.3. The van der Waals surface area contributed by atoms with Crippen LogP contribution in [0.25, 0.3) is 6.08 Å². The number of benzene rings is 3. The quantitative estimate of drug-likeness (QED) is 0.407. The van der Waals surface area contributed by atoms with E-state index in [0.29, 0.717) is 16.6 Å². The van der Waals surface area contributed by atoms with Crippen molar-refractivity contribution in [2.45, 2.75) is 0 Å². The predicted molar refractivity (Wildman–Crippen MR) is 133 cm³/mol. The van der Waals surface area contributed by atoms with E-state index in [4.69, 9.17) is 11.6 Å². The Morgan fingerprint density at radius 2 is 1.81 bits per heavy atom. The number of hydrogen-bond donors (Lipinski definition) is 2. The van der Waals surface area contributed by atoms with E-state index in [0.717, 1.165) is 27.2 Å². The highest BCUT2D eigenvalue weighted by Crippen LogP contribution is 2.28. The number of rotatable bonds is 1. The number of fused-ring (bicyclic) bond motifs is 2. The van der Waals surface area contributed by atoms with Crippen LogP contribution in [0.5, 0.6) is 0 Å². The standard InChI is InChI=1S/C16H14ClN3O.C9H8N2/c1-18-15-10-20(21)16(11-5-3-2-4-6-11)13-9-12(17)7-8-14(13)19-15;1-2-6-9-8(4-1)5-3-7-10-11-9/h2-9H,10H2,1H3,(H,18,19);1-7,11H. The molecule has 160 valence electrons. The molecule has 0 saturated heterocycles. The van der Waals surface area contributed by atoms with Crippen molar-refractivity contribution in [2.24, 2.45) is 10.1 Å². The minimum atomic E-state index is 0.174. The van der Waals surface area contributed by atoms with Gasteiger partial charge in [-0.25, -0.2) is 4.99 Å². The van der Waals surface area contributed by atoms with Crippen LogP contribution in [0.15, 0.2) is 89.0 Å². The van der Waals surface area contributed by atoms with Gasteiger partial charge in [0.2, 0.25) is 12.3 Å². The number of hydrazone groups is 1. The molecule has 0 spiro atoms. The van der Waals surface area contributed by atoms with E-state index in [9.17, 15) is 5.21 Å². The first-order valence-corrected chi connectivity index (χ1v) is 10.5. The molecule has 3 aromatic carbocycles. The lowest BCUT2D eigenvalue weighted by atomic mass is 10.0. The molecule has 2 heterocycles. The van der Waals surface area contributed by atoms with Crippen molar-refractivity contribution in [3.63, 3.8) is 0 Å². The third-order valence-electron chi connectivity index (χ3n) is 4.93. The average Bonchev–Trinajstić information content (AvgIpc) is 3.14. The fourth-order valence-electron chi connectivity index (χ4n) is 3.40. The Bertz CT molecular complexity index is 1230. The van der Waals surface area contributed by atoms with E-state index in [1.54, 1.807) is 25.4 Å². The number of para-hydroxylation sites is 1. The second kappa shape index (κ2) is 9.94. The van der Waals surface area contributed by atoms with E-state index in [1.165, 1.54) is 5.56 Å². The number of allylic oxidation sites excluding steroid dienone is 1. The fraction of sp³-hybridized carbons (Fsp3) is 0.0800. The third kappa shape index (κ3) is 4.87. The molecule has 6 nitrogen and oxygen atoms in total. The number of amidine groups is 1.